The average Bonchev–Trinajstić information content (AvgIpc) is 2.85. The maximum absolute atomic E-state index is 10.8. The van der Waals surface area contributed by atoms with Gasteiger partial charge in [0.15, 0.2) is 0 Å². The first kappa shape index (κ1) is 22.7. The highest BCUT2D eigenvalue weighted by Gasteiger charge is 2.39. The third-order valence-corrected chi connectivity index (χ3v) is 5.09. The zero-order valence-corrected chi connectivity index (χ0v) is 15.9. The van der Waals surface area contributed by atoms with Gasteiger partial charge in [-0.05, 0) is 37.3 Å². The molecule has 0 amide bonds. The second kappa shape index (κ2) is 12.1. The van der Waals surface area contributed by atoms with Gasteiger partial charge in [-0.15, -0.1) is 5.73 Å². The standard InChI is InChI=1S/C21H34O5/c1-3-4-6-10-16(22)12-13-18-17(19(23)14-20(18)24)11-8-5-7-9-15(2)21(25)26/h7-8,12-13,15-20,22-24H,3-4,6,9-11,14H2,1-2H3,(H,25,26)/t5?,15?,16?,17-,18-,19?,20?/m1/s1. The van der Waals surface area contributed by atoms with E-state index in [1.807, 2.05) is 6.08 Å². The van der Waals surface area contributed by atoms with Gasteiger partial charge in [0.05, 0.1) is 24.2 Å². The molecule has 0 heterocycles. The van der Waals surface area contributed by atoms with E-state index >= 15 is 0 Å². The van der Waals surface area contributed by atoms with Crippen molar-refractivity contribution in [1.29, 1.82) is 0 Å². The summed E-state index contributed by atoms with van der Waals surface area (Å²) in [6, 6.07) is 0. The molecule has 26 heavy (non-hydrogen) atoms. The monoisotopic (exact) mass is 366 g/mol. The Bertz CT molecular complexity index is 507. The lowest BCUT2D eigenvalue weighted by Crippen LogP contribution is -2.20. The number of carboxylic acids is 1. The lowest BCUT2D eigenvalue weighted by Gasteiger charge is -2.19. The topological polar surface area (TPSA) is 98.0 Å². The normalized spacial score (nSPS) is 27.9. The Morgan fingerprint density at radius 3 is 2.62 bits per heavy atom. The number of unbranched alkanes of at least 4 members (excludes halogenated alkanes) is 2. The first-order valence-electron chi connectivity index (χ1n) is 9.71. The molecule has 0 spiro atoms. The van der Waals surface area contributed by atoms with Gasteiger partial charge in [0, 0.05) is 12.3 Å². The maximum atomic E-state index is 10.8. The van der Waals surface area contributed by atoms with Crippen molar-refractivity contribution in [3.8, 4) is 0 Å². The number of aliphatic hydroxyl groups is 3. The van der Waals surface area contributed by atoms with Crippen LogP contribution in [0, 0.1) is 17.8 Å². The highest BCUT2D eigenvalue weighted by molar-refractivity contribution is 5.69. The lowest BCUT2D eigenvalue weighted by molar-refractivity contribution is -0.140. The summed E-state index contributed by atoms with van der Waals surface area (Å²) in [6.45, 7) is 3.76. The van der Waals surface area contributed by atoms with Gasteiger partial charge >= 0.3 is 5.97 Å². The van der Waals surface area contributed by atoms with Crippen molar-refractivity contribution in [2.75, 3.05) is 0 Å². The summed E-state index contributed by atoms with van der Waals surface area (Å²) in [5, 5.41) is 39.2. The summed E-state index contributed by atoms with van der Waals surface area (Å²) in [4.78, 5) is 10.8. The van der Waals surface area contributed by atoms with Crippen LogP contribution in [0.4, 0.5) is 0 Å². The first-order valence-corrected chi connectivity index (χ1v) is 9.71. The van der Waals surface area contributed by atoms with Crippen molar-refractivity contribution in [3.63, 3.8) is 0 Å². The highest BCUT2D eigenvalue weighted by atomic mass is 16.4. The Labute approximate surface area is 156 Å². The fourth-order valence-electron chi connectivity index (χ4n) is 3.30. The van der Waals surface area contributed by atoms with Gasteiger partial charge in [0.1, 0.15) is 0 Å². The number of carbonyl (C=O) groups is 1. The van der Waals surface area contributed by atoms with E-state index in [-0.39, 0.29) is 11.8 Å². The quantitative estimate of drug-likeness (QED) is 0.256. The molecule has 1 aliphatic carbocycles. The fourth-order valence-corrected chi connectivity index (χ4v) is 3.30. The molecule has 5 heteroatoms. The van der Waals surface area contributed by atoms with Crippen LogP contribution in [0.25, 0.3) is 0 Å². The molecule has 4 N–H and O–H groups in total. The molecule has 1 aliphatic rings. The minimum absolute atomic E-state index is 0.123. The van der Waals surface area contributed by atoms with E-state index in [9.17, 15) is 20.1 Å². The van der Waals surface area contributed by atoms with Crippen molar-refractivity contribution < 1.29 is 25.2 Å². The Kier molecular flexibility index (Phi) is 10.5. The number of aliphatic carboxylic acids is 1. The van der Waals surface area contributed by atoms with Crippen LogP contribution < -0.4 is 0 Å². The van der Waals surface area contributed by atoms with Gasteiger partial charge in [0.2, 0.25) is 0 Å². The second-order valence-electron chi connectivity index (χ2n) is 7.35. The third-order valence-electron chi connectivity index (χ3n) is 5.09. The van der Waals surface area contributed by atoms with Gasteiger partial charge in [-0.25, -0.2) is 0 Å². The predicted octanol–water partition coefficient (Wildman–Crippen LogP) is 3.05. The van der Waals surface area contributed by atoms with Crippen molar-refractivity contribution in [2.24, 2.45) is 17.8 Å². The molecule has 1 saturated carbocycles. The SMILES string of the molecule is CCCCCC(O)C=C[C@H]1C(O)CC(O)[C@@H]1CC=C=CCC(C)C(=O)O. The maximum Gasteiger partial charge on any atom is 0.306 e. The van der Waals surface area contributed by atoms with E-state index in [2.05, 4.69) is 12.7 Å². The van der Waals surface area contributed by atoms with Gasteiger partial charge in [-0.3, -0.25) is 4.79 Å². The zero-order chi connectivity index (χ0) is 19.5. The Hall–Kier alpha value is -1.39. The lowest BCUT2D eigenvalue weighted by atomic mass is 9.89. The van der Waals surface area contributed by atoms with Gasteiger partial charge in [-0.1, -0.05) is 45.3 Å². The Morgan fingerprint density at radius 2 is 1.96 bits per heavy atom. The van der Waals surface area contributed by atoms with Crippen LogP contribution in [0.2, 0.25) is 0 Å². The molecule has 0 aliphatic heterocycles. The van der Waals surface area contributed by atoms with Crippen LogP contribution in [0.3, 0.4) is 0 Å². The summed E-state index contributed by atoms with van der Waals surface area (Å²) >= 11 is 0. The molecule has 0 saturated heterocycles. The average molecular weight is 366 g/mol. The summed E-state index contributed by atoms with van der Waals surface area (Å²) in [7, 11) is 0. The second-order valence-corrected chi connectivity index (χ2v) is 7.35. The van der Waals surface area contributed by atoms with Crippen LogP contribution in [0.1, 0.15) is 58.8 Å². The van der Waals surface area contributed by atoms with Crippen molar-refractivity contribution in [3.05, 3.63) is 30.0 Å². The molecule has 1 rings (SSSR count). The fraction of sp³-hybridized carbons (Fsp3) is 0.714. The number of hydrogen-bond donors (Lipinski definition) is 4. The van der Waals surface area contributed by atoms with Crippen molar-refractivity contribution >= 4 is 5.97 Å². The molecule has 148 valence electrons. The molecule has 5 nitrogen and oxygen atoms in total. The van der Waals surface area contributed by atoms with Crippen LogP contribution in [0.15, 0.2) is 30.0 Å². The third kappa shape index (κ3) is 7.88. The summed E-state index contributed by atoms with van der Waals surface area (Å²) in [5.41, 5.74) is 2.97. The molecule has 0 radical (unpaired) electrons. The van der Waals surface area contributed by atoms with Crippen LogP contribution >= 0.6 is 0 Å². The van der Waals surface area contributed by atoms with E-state index in [1.54, 1.807) is 25.2 Å². The molecule has 0 bridgehead atoms. The largest absolute Gasteiger partial charge is 0.481 e. The van der Waals surface area contributed by atoms with Gasteiger partial charge in [-0.2, -0.15) is 0 Å². The molecule has 6 atom stereocenters. The molecular formula is C21H34O5. The van der Waals surface area contributed by atoms with Gasteiger partial charge < -0.3 is 20.4 Å². The van der Waals surface area contributed by atoms with E-state index in [4.69, 9.17) is 5.11 Å². The summed E-state index contributed by atoms with van der Waals surface area (Å²) < 4.78 is 0. The molecular weight excluding hydrogens is 332 g/mol. The van der Waals surface area contributed by atoms with Crippen LogP contribution in [-0.2, 0) is 4.79 Å². The number of aliphatic hydroxyl groups excluding tert-OH is 3. The van der Waals surface area contributed by atoms with E-state index < -0.39 is 30.2 Å². The Balaban J connectivity index is 2.58. The number of allylic oxidation sites excluding steroid dienone is 1. The van der Waals surface area contributed by atoms with E-state index in [0.29, 0.717) is 25.7 Å². The minimum Gasteiger partial charge on any atom is -0.481 e. The van der Waals surface area contributed by atoms with Crippen LogP contribution in [0.5, 0.6) is 0 Å². The molecule has 4 unspecified atom stereocenters. The zero-order valence-electron chi connectivity index (χ0n) is 15.9. The number of rotatable bonds is 11. The molecule has 0 aromatic rings. The highest BCUT2D eigenvalue weighted by Crippen LogP contribution is 2.36. The van der Waals surface area contributed by atoms with Crippen LogP contribution in [-0.4, -0.2) is 44.7 Å². The first-order chi connectivity index (χ1) is 12.4. The van der Waals surface area contributed by atoms with Gasteiger partial charge in [0.25, 0.3) is 0 Å². The Morgan fingerprint density at radius 1 is 1.23 bits per heavy atom. The van der Waals surface area contributed by atoms with Crippen molar-refractivity contribution in [2.45, 2.75) is 77.1 Å². The molecule has 0 aromatic heterocycles. The number of hydrogen-bond acceptors (Lipinski definition) is 4. The van der Waals surface area contributed by atoms with E-state index in [1.165, 1.54) is 0 Å². The van der Waals surface area contributed by atoms with Crippen molar-refractivity contribution in [1.82, 2.24) is 0 Å². The van der Waals surface area contributed by atoms with E-state index in [0.717, 1.165) is 19.3 Å². The predicted molar refractivity (Wildman–Crippen MR) is 102 cm³/mol. The smallest absolute Gasteiger partial charge is 0.306 e. The molecule has 1 fully saturated rings. The summed E-state index contributed by atoms with van der Waals surface area (Å²) in [5.74, 6) is -1.59. The molecule has 0 aromatic carbocycles. The minimum atomic E-state index is -0.833. The summed E-state index contributed by atoms with van der Waals surface area (Å²) in [6.07, 6.45) is 10.5. The number of carboxylic acid groups (broad SMARTS) is 1.